The Kier molecular flexibility index (Phi) is 4.71. The molecule has 2 aromatic rings. The maximum absolute atomic E-state index is 13.0. The van der Waals surface area contributed by atoms with Gasteiger partial charge < -0.3 is 10.6 Å². The number of carbonyl (C=O) groups is 1. The molecule has 2 heterocycles. The summed E-state index contributed by atoms with van der Waals surface area (Å²) in [6.07, 6.45) is 3.73. The molecule has 0 bridgehead atoms. The minimum absolute atomic E-state index is 0.109. The number of benzene rings is 1. The highest BCUT2D eigenvalue weighted by Crippen LogP contribution is 2.15. The van der Waals surface area contributed by atoms with Crippen LogP contribution < -0.4 is 10.6 Å². The van der Waals surface area contributed by atoms with Crippen LogP contribution in [0.3, 0.4) is 0 Å². The van der Waals surface area contributed by atoms with Crippen molar-refractivity contribution in [2.45, 2.75) is 19.8 Å². The van der Waals surface area contributed by atoms with E-state index < -0.39 is 0 Å². The minimum Gasteiger partial charge on any atom is -0.352 e. The number of amides is 1. The highest BCUT2D eigenvalue weighted by atomic mass is 19.1. The van der Waals surface area contributed by atoms with Crippen molar-refractivity contribution in [2.75, 3.05) is 19.6 Å². The quantitative estimate of drug-likeness (QED) is 0.887. The molecule has 1 fully saturated rings. The first kappa shape index (κ1) is 15.7. The molecular weight excluding hydrogens is 295 g/mol. The van der Waals surface area contributed by atoms with E-state index in [-0.39, 0.29) is 11.7 Å². The average molecular weight is 316 g/mol. The molecular formula is C17H21FN4O. The summed E-state index contributed by atoms with van der Waals surface area (Å²) in [6.45, 7) is 4.62. The highest BCUT2D eigenvalue weighted by Gasteiger charge is 2.17. The Morgan fingerprint density at radius 1 is 1.43 bits per heavy atom. The van der Waals surface area contributed by atoms with Crippen LogP contribution in [0.5, 0.6) is 0 Å². The molecule has 2 N–H and O–H groups in total. The van der Waals surface area contributed by atoms with Gasteiger partial charge in [0.15, 0.2) is 0 Å². The Hall–Kier alpha value is -2.21. The SMILES string of the molecule is Cc1c(C(=O)NCCC2CCNC2)cnn1-c1ccc(F)cc1. The predicted molar refractivity (Wildman–Crippen MR) is 86.2 cm³/mol. The average Bonchev–Trinajstić information content (AvgIpc) is 3.18. The van der Waals surface area contributed by atoms with Gasteiger partial charge in [0.05, 0.1) is 23.1 Å². The summed E-state index contributed by atoms with van der Waals surface area (Å²) in [5.41, 5.74) is 2.04. The fraction of sp³-hybridized carbons (Fsp3) is 0.412. The summed E-state index contributed by atoms with van der Waals surface area (Å²) < 4.78 is 14.7. The molecule has 0 aliphatic carbocycles. The number of aromatic nitrogens is 2. The van der Waals surface area contributed by atoms with E-state index in [4.69, 9.17) is 0 Å². The molecule has 1 aliphatic rings. The summed E-state index contributed by atoms with van der Waals surface area (Å²) in [4.78, 5) is 12.3. The van der Waals surface area contributed by atoms with Crippen molar-refractivity contribution in [3.8, 4) is 5.69 Å². The molecule has 5 nitrogen and oxygen atoms in total. The first-order valence-electron chi connectivity index (χ1n) is 7.94. The normalized spacial score (nSPS) is 17.4. The van der Waals surface area contributed by atoms with Crippen molar-refractivity contribution >= 4 is 5.91 Å². The number of carbonyl (C=O) groups excluding carboxylic acids is 1. The lowest BCUT2D eigenvalue weighted by atomic mass is 10.1. The van der Waals surface area contributed by atoms with Crippen LogP contribution in [0.15, 0.2) is 30.5 Å². The largest absolute Gasteiger partial charge is 0.352 e. The van der Waals surface area contributed by atoms with Crippen molar-refractivity contribution in [3.63, 3.8) is 0 Å². The molecule has 1 unspecified atom stereocenters. The van der Waals surface area contributed by atoms with Gasteiger partial charge >= 0.3 is 0 Å². The van der Waals surface area contributed by atoms with E-state index in [2.05, 4.69) is 15.7 Å². The summed E-state index contributed by atoms with van der Waals surface area (Å²) in [5.74, 6) is 0.248. The Morgan fingerprint density at radius 3 is 2.91 bits per heavy atom. The van der Waals surface area contributed by atoms with Gasteiger partial charge in [-0.3, -0.25) is 4.79 Å². The maximum Gasteiger partial charge on any atom is 0.254 e. The molecule has 0 spiro atoms. The predicted octanol–water partition coefficient (Wildman–Crippen LogP) is 2.05. The molecule has 1 atom stereocenters. The zero-order valence-electron chi connectivity index (χ0n) is 13.2. The van der Waals surface area contributed by atoms with Crippen molar-refractivity contribution in [1.29, 1.82) is 0 Å². The molecule has 6 heteroatoms. The lowest BCUT2D eigenvalue weighted by Gasteiger charge is -2.09. The number of rotatable bonds is 5. The van der Waals surface area contributed by atoms with Gasteiger partial charge in [-0.2, -0.15) is 5.10 Å². The Labute approximate surface area is 134 Å². The van der Waals surface area contributed by atoms with Gasteiger partial charge in [-0.15, -0.1) is 0 Å². The third-order valence-corrected chi connectivity index (χ3v) is 4.33. The van der Waals surface area contributed by atoms with E-state index in [0.29, 0.717) is 18.0 Å². The van der Waals surface area contributed by atoms with E-state index in [9.17, 15) is 9.18 Å². The van der Waals surface area contributed by atoms with E-state index in [1.165, 1.54) is 18.6 Å². The van der Waals surface area contributed by atoms with Gasteiger partial charge in [-0.1, -0.05) is 0 Å². The van der Waals surface area contributed by atoms with Crippen LogP contribution in [0, 0.1) is 18.7 Å². The Morgan fingerprint density at radius 2 is 2.22 bits per heavy atom. The third-order valence-electron chi connectivity index (χ3n) is 4.33. The monoisotopic (exact) mass is 316 g/mol. The Balaban J connectivity index is 1.63. The van der Waals surface area contributed by atoms with Gasteiger partial charge in [-0.05, 0) is 63.0 Å². The standard InChI is InChI=1S/C17H21FN4O/c1-12-16(17(23)20-9-7-13-6-8-19-10-13)11-21-22(12)15-4-2-14(18)3-5-15/h2-5,11,13,19H,6-10H2,1H3,(H,20,23). The fourth-order valence-electron chi connectivity index (χ4n) is 2.92. The van der Waals surface area contributed by atoms with Gasteiger partial charge in [0.1, 0.15) is 5.82 Å². The number of halogens is 1. The Bertz CT molecular complexity index is 674. The van der Waals surface area contributed by atoms with Crippen molar-refractivity contribution < 1.29 is 9.18 Å². The lowest BCUT2D eigenvalue weighted by molar-refractivity contribution is 0.0951. The zero-order chi connectivity index (χ0) is 16.2. The summed E-state index contributed by atoms with van der Waals surface area (Å²) >= 11 is 0. The zero-order valence-corrected chi connectivity index (χ0v) is 13.2. The second-order valence-electron chi connectivity index (χ2n) is 5.94. The summed E-state index contributed by atoms with van der Waals surface area (Å²) in [6, 6.07) is 6.05. The first-order valence-corrected chi connectivity index (χ1v) is 7.94. The van der Waals surface area contributed by atoms with Gasteiger partial charge in [-0.25, -0.2) is 9.07 Å². The third kappa shape index (κ3) is 3.59. The minimum atomic E-state index is -0.294. The van der Waals surface area contributed by atoms with E-state index in [0.717, 1.165) is 30.9 Å². The van der Waals surface area contributed by atoms with E-state index in [1.54, 1.807) is 23.0 Å². The van der Waals surface area contributed by atoms with Crippen LogP contribution in [0.1, 0.15) is 28.9 Å². The molecule has 122 valence electrons. The highest BCUT2D eigenvalue weighted by molar-refractivity contribution is 5.95. The van der Waals surface area contributed by atoms with Gasteiger partial charge in [0.2, 0.25) is 0 Å². The second-order valence-corrected chi connectivity index (χ2v) is 5.94. The van der Waals surface area contributed by atoms with Crippen LogP contribution >= 0.6 is 0 Å². The first-order chi connectivity index (χ1) is 11.1. The van der Waals surface area contributed by atoms with Gasteiger partial charge in [0.25, 0.3) is 5.91 Å². The topological polar surface area (TPSA) is 59.0 Å². The van der Waals surface area contributed by atoms with Gasteiger partial charge in [0, 0.05) is 6.54 Å². The second kappa shape index (κ2) is 6.91. The molecule has 1 saturated heterocycles. The number of hydrogen-bond acceptors (Lipinski definition) is 3. The molecule has 3 rings (SSSR count). The van der Waals surface area contributed by atoms with Crippen LogP contribution in [0.4, 0.5) is 4.39 Å². The van der Waals surface area contributed by atoms with Crippen LogP contribution in [-0.2, 0) is 0 Å². The van der Waals surface area contributed by atoms with Crippen LogP contribution in [0.25, 0.3) is 5.69 Å². The molecule has 1 aliphatic heterocycles. The maximum atomic E-state index is 13.0. The van der Waals surface area contributed by atoms with E-state index in [1.807, 2.05) is 6.92 Å². The number of hydrogen-bond donors (Lipinski definition) is 2. The fourth-order valence-corrected chi connectivity index (χ4v) is 2.92. The van der Waals surface area contributed by atoms with E-state index >= 15 is 0 Å². The molecule has 1 aromatic carbocycles. The number of nitrogens with one attached hydrogen (secondary N) is 2. The molecule has 1 amide bonds. The lowest BCUT2D eigenvalue weighted by Crippen LogP contribution is -2.26. The van der Waals surface area contributed by atoms with Crippen molar-refractivity contribution in [2.24, 2.45) is 5.92 Å². The van der Waals surface area contributed by atoms with Crippen LogP contribution in [0.2, 0.25) is 0 Å². The van der Waals surface area contributed by atoms with Crippen LogP contribution in [-0.4, -0.2) is 35.3 Å². The smallest absolute Gasteiger partial charge is 0.254 e. The number of nitrogens with zero attached hydrogens (tertiary/aromatic N) is 2. The molecule has 0 saturated carbocycles. The molecule has 23 heavy (non-hydrogen) atoms. The van der Waals surface area contributed by atoms with Crippen molar-refractivity contribution in [1.82, 2.24) is 20.4 Å². The molecule has 0 radical (unpaired) electrons. The summed E-state index contributed by atoms with van der Waals surface area (Å²) in [7, 11) is 0. The van der Waals surface area contributed by atoms with Crippen molar-refractivity contribution in [3.05, 3.63) is 47.5 Å². The molecule has 1 aromatic heterocycles. The summed E-state index contributed by atoms with van der Waals surface area (Å²) in [5, 5.41) is 10.5.